The van der Waals surface area contributed by atoms with Gasteiger partial charge in [-0.15, -0.1) is 0 Å². The lowest BCUT2D eigenvalue weighted by Gasteiger charge is -2.25. The first kappa shape index (κ1) is 15.1. The van der Waals surface area contributed by atoms with E-state index in [4.69, 9.17) is 0 Å². The first-order valence-corrected chi connectivity index (χ1v) is 8.61. The molecule has 24 heavy (non-hydrogen) atoms. The summed E-state index contributed by atoms with van der Waals surface area (Å²) in [5.41, 5.74) is 1.64. The van der Waals surface area contributed by atoms with Crippen LogP contribution in [0.2, 0.25) is 0 Å². The minimum absolute atomic E-state index is 0.0453. The Bertz CT molecular complexity index is 714. The predicted octanol–water partition coefficient (Wildman–Crippen LogP) is 2.45. The summed E-state index contributed by atoms with van der Waals surface area (Å²) in [5, 5.41) is 0. The van der Waals surface area contributed by atoms with Crippen LogP contribution in [0.5, 0.6) is 0 Å². The summed E-state index contributed by atoms with van der Waals surface area (Å²) >= 11 is 0. The van der Waals surface area contributed by atoms with E-state index in [-0.39, 0.29) is 11.9 Å². The third-order valence-corrected chi connectivity index (χ3v) is 4.88. The third kappa shape index (κ3) is 2.84. The van der Waals surface area contributed by atoms with Crippen LogP contribution in [0.25, 0.3) is 0 Å². The molecular formula is C18H21N5O. The highest BCUT2D eigenvalue weighted by Gasteiger charge is 2.31. The van der Waals surface area contributed by atoms with Crippen LogP contribution < -0.4 is 4.90 Å². The lowest BCUT2D eigenvalue weighted by molar-refractivity contribution is 0.0732. The van der Waals surface area contributed by atoms with Crippen LogP contribution in [0.4, 0.5) is 5.82 Å². The Hall–Kier alpha value is -2.50. The maximum absolute atomic E-state index is 13.0. The monoisotopic (exact) mass is 323 g/mol. The van der Waals surface area contributed by atoms with Crippen LogP contribution in [0.15, 0.2) is 36.9 Å². The molecule has 1 amide bonds. The van der Waals surface area contributed by atoms with E-state index < -0.39 is 0 Å². The number of carbonyl (C=O) groups is 1. The smallest absolute Gasteiger partial charge is 0.254 e. The molecule has 2 fully saturated rings. The Labute approximate surface area is 141 Å². The van der Waals surface area contributed by atoms with Crippen molar-refractivity contribution in [2.24, 2.45) is 0 Å². The van der Waals surface area contributed by atoms with E-state index in [9.17, 15) is 4.79 Å². The second-order valence-electron chi connectivity index (χ2n) is 6.39. The van der Waals surface area contributed by atoms with E-state index in [1.54, 1.807) is 18.7 Å². The molecular weight excluding hydrogens is 302 g/mol. The molecule has 4 rings (SSSR count). The zero-order chi connectivity index (χ0) is 16.4. The van der Waals surface area contributed by atoms with Gasteiger partial charge in [-0.05, 0) is 43.9 Å². The van der Waals surface area contributed by atoms with Gasteiger partial charge in [0.05, 0.1) is 11.7 Å². The molecule has 1 atom stereocenters. The normalized spacial score (nSPS) is 20.6. The first-order valence-electron chi connectivity index (χ1n) is 8.61. The summed E-state index contributed by atoms with van der Waals surface area (Å²) < 4.78 is 0. The average Bonchev–Trinajstić information content (AvgIpc) is 3.34. The molecule has 6 heteroatoms. The zero-order valence-corrected chi connectivity index (χ0v) is 13.6. The maximum Gasteiger partial charge on any atom is 0.254 e. The molecule has 0 saturated carbocycles. The van der Waals surface area contributed by atoms with E-state index in [1.807, 2.05) is 23.1 Å². The number of likely N-dealkylation sites (tertiary alicyclic amines) is 1. The number of hydrogen-bond donors (Lipinski definition) is 0. The van der Waals surface area contributed by atoms with E-state index in [1.165, 1.54) is 12.8 Å². The molecule has 124 valence electrons. The van der Waals surface area contributed by atoms with Crippen molar-refractivity contribution in [1.82, 2.24) is 19.9 Å². The molecule has 0 bridgehead atoms. The molecule has 2 aliphatic heterocycles. The number of nitrogens with zero attached hydrogens (tertiary/aromatic N) is 5. The predicted molar refractivity (Wildman–Crippen MR) is 90.7 cm³/mol. The number of hydrogen-bond acceptors (Lipinski definition) is 5. The van der Waals surface area contributed by atoms with Crippen LogP contribution in [0.1, 0.15) is 47.8 Å². The Morgan fingerprint density at radius 1 is 1.04 bits per heavy atom. The summed E-state index contributed by atoms with van der Waals surface area (Å²) in [6.07, 6.45) is 9.38. The second-order valence-corrected chi connectivity index (χ2v) is 6.39. The fraction of sp³-hybridized carbons (Fsp3) is 0.444. The van der Waals surface area contributed by atoms with Crippen LogP contribution in [0.3, 0.4) is 0 Å². The molecule has 2 saturated heterocycles. The number of rotatable bonds is 3. The Balaban J connectivity index is 1.57. The quantitative estimate of drug-likeness (QED) is 0.868. The lowest BCUT2D eigenvalue weighted by atomic mass is 10.1. The lowest BCUT2D eigenvalue weighted by Crippen LogP contribution is -2.31. The highest BCUT2D eigenvalue weighted by molar-refractivity contribution is 5.95. The standard InChI is InChI=1S/C18H21N5O/c24-18(14-5-8-20-17(12-14)22-9-1-2-10-22)23-11-3-4-16(23)15-6-7-19-13-21-15/h5-8,12-13,16H,1-4,9-11H2/t16-/m1/s1. The molecule has 2 aromatic rings. The second kappa shape index (κ2) is 6.55. The molecule has 0 aliphatic carbocycles. The molecule has 2 aliphatic rings. The molecule has 0 N–H and O–H groups in total. The average molecular weight is 323 g/mol. The van der Waals surface area contributed by atoms with Gasteiger partial charge in [0.1, 0.15) is 12.1 Å². The highest BCUT2D eigenvalue weighted by Crippen LogP contribution is 2.32. The summed E-state index contributed by atoms with van der Waals surface area (Å²) in [6.45, 7) is 2.82. The van der Waals surface area contributed by atoms with Crippen molar-refractivity contribution in [3.63, 3.8) is 0 Å². The molecule has 0 radical (unpaired) electrons. The number of amides is 1. The van der Waals surface area contributed by atoms with Crippen molar-refractivity contribution in [2.75, 3.05) is 24.5 Å². The summed E-state index contributed by atoms with van der Waals surface area (Å²) in [7, 11) is 0. The van der Waals surface area contributed by atoms with Crippen LogP contribution in [-0.2, 0) is 0 Å². The number of pyridine rings is 1. The maximum atomic E-state index is 13.0. The highest BCUT2D eigenvalue weighted by atomic mass is 16.2. The van der Waals surface area contributed by atoms with Crippen molar-refractivity contribution in [1.29, 1.82) is 0 Å². The van der Waals surface area contributed by atoms with Gasteiger partial charge in [-0.1, -0.05) is 0 Å². The fourth-order valence-electron chi connectivity index (χ4n) is 3.65. The first-order chi connectivity index (χ1) is 11.8. The molecule has 2 aromatic heterocycles. The molecule has 0 unspecified atom stereocenters. The molecule has 4 heterocycles. The van der Waals surface area contributed by atoms with E-state index in [2.05, 4.69) is 19.9 Å². The van der Waals surface area contributed by atoms with Crippen molar-refractivity contribution in [3.8, 4) is 0 Å². The number of anilines is 1. The fourth-order valence-corrected chi connectivity index (χ4v) is 3.65. The van der Waals surface area contributed by atoms with Gasteiger partial charge in [-0.25, -0.2) is 15.0 Å². The zero-order valence-electron chi connectivity index (χ0n) is 13.6. The molecule has 6 nitrogen and oxygen atoms in total. The Morgan fingerprint density at radius 3 is 2.71 bits per heavy atom. The van der Waals surface area contributed by atoms with Gasteiger partial charge in [0.2, 0.25) is 0 Å². The largest absolute Gasteiger partial charge is 0.357 e. The van der Waals surface area contributed by atoms with Gasteiger partial charge in [0.15, 0.2) is 0 Å². The minimum atomic E-state index is 0.0453. The summed E-state index contributed by atoms with van der Waals surface area (Å²) in [4.78, 5) is 30.0. The van der Waals surface area contributed by atoms with E-state index in [0.29, 0.717) is 5.56 Å². The van der Waals surface area contributed by atoms with Crippen LogP contribution >= 0.6 is 0 Å². The number of carbonyl (C=O) groups excluding carboxylic acids is 1. The van der Waals surface area contributed by atoms with Crippen molar-refractivity contribution < 1.29 is 4.79 Å². The van der Waals surface area contributed by atoms with Crippen molar-refractivity contribution >= 4 is 11.7 Å². The Kier molecular flexibility index (Phi) is 4.11. The van der Waals surface area contributed by atoms with E-state index in [0.717, 1.165) is 44.0 Å². The van der Waals surface area contributed by atoms with Gasteiger partial charge < -0.3 is 9.80 Å². The molecule has 0 aromatic carbocycles. The van der Waals surface area contributed by atoms with Crippen LogP contribution in [-0.4, -0.2) is 45.4 Å². The van der Waals surface area contributed by atoms with E-state index >= 15 is 0 Å². The summed E-state index contributed by atoms with van der Waals surface area (Å²) in [5.74, 6) is 0.982. The van der Waals surface area contributed by atoms with Gasteiger partial charge in [-0.3, -0.25) is 4.79 Å². The van der Waals surface area contributed by atoms with Gasteiger partial charge in [0, 0.05) is 37.6 Å². The topological polar surface area (TPSA) is 62.2 Å². The summed E-state index contributed by atoms with van der Waals surface area (Å²) in [6, 6.07) is 5.70. The van der Waals surface area contributed by atoms with Crippen LogP contribution in [0, 0.1) is 0 Å². The third-order valence-electron chi connectivity index (χ3n) is 4.88. The number of aromatic nitrogens is 3. The van der Waals surface area contributed by atoms with Crippen molar-refractivity contribution in [2.45, 2.75) is 31.7 Å². The van der Waals surface area contributed by atoms with Gasteiger partial charge in [-0.2, -0.15) is 0 Å². The molecule has 0 spiro atoms. The minimum Gasteiger partial charge on any atom is -0.357 e. The Morgan fingerprint density at radius 2 is 1.92 bits per heavy atom. The SMILES string of the molecule is O=C(c1ccnc(N2CCCC2)c1)N1CCC[C@@H]1c1ccncn1. The van der Waals surface area contributed by atoms with Gasteiger partial charge >= 0.3 is 0 Å². The van der Waals surface area contributed by atoms with Crippen molar-refractivity contribution in [3.05, 3.63) is 48.2 Å². The van der Waals surface area contributed by atoms with Gasteiger partial charge in [0.25, 0.3) is 5.91 Å².